The van der Waals surface area contributed by atoms with Gasteiger partial charge in [0.05, 0.1) is 6.20 Å². The molecule has 1 saturated heterocycles. The van der Waals surface area contributed by atoms with Crippen LogP contribution >= 0.6 is 22.7 Å². The highest BCUT2D eigenvalue weighted by molar-refractivity contribution is 7.17. The van der Waals surface area contributed by atoms with E-state index in [-0.39, 0.29) is 5.91 Å². The van der Waals surface area contributed by atoms with Crippen molar-refractivity contribution in [2.75, 3.05) is 6.54 Å². The Kier molecular flexibility index (Phi) is 4.03. The summed E-state index contributed by atoms with van der Waals surface area (Å²) < 4.78 is 0. The summed E-state index contributed by atoms with van der Waals surface area (Å²) in [6.45, 7) is 0.501. The van der Waals surface area contributed by atoms with E-state index in [9.17, 15) is 14.7 Å². The molecule has 1 N–H and O–H groups in total. The van der Waals surface area contributed by atoms with E-state index in [2.05, 4.69) is 4.98 Å². The van der Waals surface area contributed by atoms with Crippen molar-refractivity contribution < 1.29 is 14.7 Å². The molecule has 1 aliphatic heterocycles. The first-order chi connectivity index (χ1) is 10.2. The molecular weight excluding hydrogens is 308 g/mol. The first-order valence-corrected chi connectivity index (χ1v) is 8.45. The minimum Gasteiger partial charge on any atom is -0.480 e. The largest absolute Gasteiger partial charge is 0.480 e. The molecule has 1 amide bonds. The third kappa shape index (κ3) is 2.84. The molecule has 5 nitrogen and oxygen atoms in total. The highest BCUT2D eigenvalue weighted by Crippen LogP contribution is 2.29. The summed E-state index contributed by atoms with van der Waals surface area (Å²) in [7, 11) is 0. The van der Waals surface area contributed by atoms with Gasteiger partial charge in [0.2, 0.25) is 0 Å². The molecule has 0 bridgehead atoms. The molecule has 110 valence electrons. The number of thiazole rings is 1. The average Bonchev–Trinajstić information content (AvgIpc) is 3.17. The van der Waals surface area contributed by atoms with Crippen molar-refractivity contribution in [3.8, 4) is 10.6 Å². The van der Waals surface area contributed by atoms with Gasteiger partial charge in [0, 0.05) is 17.5 Å². The number of carboxylic acid groups (broad SMARTS) is 1. The number of aromatic nitrogens is 1. The fourth-order valence-corrected chi connectivity index (χ4v) is 4.05. The zero-order valence-corrected chi connectivity index (χ0v) is 12.8. The van der Waals surface area contributed by atoms with Gasteiger partial charge in [-0.05, 0) is 30.7 Å². The van der Waals surface area contributed by atoms with E-state index in [4.69, 9.17) is 0 Å². The third-order valence-corrected chi connectivity index (χ3v) is 5.25. The first-order valence-electron chi connectivity index (χ1n) is 6.69. The SMILES string of the molecule is O=C(O)[C@H]1CCCCN1C(=O)c1cnc(-c2ccsc2)s1. The summed E-state index contributed by atoms with van der Waals surface area (Å²) in [5.74, 6) is -1.15. The van der Waals surface area contributed by atoms with Gasteiger partial charge in [-0.15, -0.1) is 11.3 Å². The molecule has 7 heteroatoms. The summed E-state index contributed by atoms with van der Waals surface area (Å²) >= 11 is 2.90. The highest BCUT2D eigenvalue weighted by Gasteiger charge is 2.33. The number of amides is 1. The van der Waals surface area contributed by atoms with Crippen LogP contribution in [0.1, 0.15) is 28.9 Å². The molecule has 0 aliphatic carbocycles. The quantitative estimate of drug-likeness (QED) is 0.943. The Hall–Kier alpha value is -1.73. The number of hydrogen-bond donors (Lipinski definition) is 1. The maximum absolute atomic E-state index is 12.5. The second-order valence-electron chi connectivity index (χ2n) is 4.89. The topological polar surface area (TPSA) is 70.5 Å². The van der Waals surface area contributed by atoms with E-state index >= 15 is 0 Å². The molecule has 0 aromatic carbocycles. The number of carboxylic acids is 1. The van der Waals surface area contributed by atoms with Crippen LogP contribution in [0, 0.1) is 0 Å². The van der Waals surface area contributed by atoms with Crippen molar-refractivity contribution in [1.29, 1.82) is 0 Å². The maximum atomic E-state index is 12.5. The number of carbonyl (C=O) groups is 2. The smallest absolute Gasteiger partial charge is 0.326 e. The van der Waals surface area contributed by atoms with Gasteiger partial charge in [0.1, 0.15) is 15.9 Å². The van der Waals surface area contributed by atoms with E-state index in [0.29, 0.717) is 17.8 Å². The van der Waals surface area contributed by atoms with E-state index in [0.717, 1.165) is 23.4 Å². The molecule has 0 radical (unpaired) electrons. The molecule has 1 atom stereocenters. The second kappa shape index (κ2) is 5.95. The van der Waals surface area contributed by atoms with Gasteiger partial charge in [-0.3, -0.25) is 4.79 Å². The lowest BCUT2D eigenvalue weighted by atomic mass is 10.0. The van der Waals surface area contributed by atoms with Gasteiger partial charge in [-0.25, -0.2) is 9.78 Å². The molecule has 0 unspecified atom stereocenters. The third-order valence-electron chi connectivity index (χ3n) is 3.53. The van der Waals surface area contributed by atoms with Gasteiger partial charge in [0.25, 0.3) is 5.91 Å². The molecular formula is C14H14N2O3S2. The van der Waals surface area contributed by atoms with Crippen LogP contribution in [0.15, 0.2) is 23.0 Å². The monoisotopic (exact) mass is 322 g/mol. The Balaban J connectivity index is 1.83. The van der Waals surface area contributed by atoms with Crippen molar-refractivity contribution in [2.45, 2.75) is 25.3 Å². The molecule has 2 aromatic heterocycles. The summed E-state index contributed by atoms with van der Waals surface area (Å²) in [5, 5.41) is 14.0. The molecule has 0 saturated carbocycles. The van der Waals surface area contributed by atoms with Crippen molar-refractivity contribution >= 4 is 34.6 Å². The van der Waals surface area contributed by atoms with E-state index in [1.807, 2.05) is 16.8 Å². The fraction of sp³-hybridized carbons (Fsp3) is 0.357. The lowest BCUT2D eigenvalue weighted by Crippen LogP contribution is -2.47. The molecule has 0 spiro atoms. The molecule has 2 aromatic rings. The van der Waals surface area contributed by atoms with Crippen LogP contribution in [0.5, 0.6) is 0 Å². The Morgan fingerprint density at radius 2 is 2.24 bits per heavy atom. The predicted octanol–water partition coefficient (Wildman–Crippen LogP) is 2.95. The van der Waals surface area contributed by atoms with Crippen LogP contribution in [-0.2, 0) is 4.79 Å². The zero-order valence-electron chi connectivity index (χ0n) is 11.2. The molecule has 1 fully saturated rings. The number of rotatable bonds is 3. The summed E-state index contributed by atoms with van der Waals surface area (Å²) in [6, 6.07) is 1.25. The summed E-state index contributed by atoms with van der Waals surface area (Å²) in [5.41, 5.74) is 0.998. The lowest BCUT2D eigenvalue weighted by Gasteiger charge is -2.32. The van der Waals surface area contributed by atoms with E-state index < -0.39 is 12.0 Å². The Morgan fingerprint density at radius 3 is 2.95 bits per heavy atom. The van der Waals surface area contributed by atoms with Crippen molar-refractivity contribution in [3.63, 3.8) is 0 Å². The molecule has 3 heterocycles. The van der Waals surface area contributed by atoms with Crippen LogP contribution in [0.2, 0.25) is 0 Å². The van der Waals surface area contributed by atoms with Crippen LogP contribution < -0.4 is 0 Å². The van der Waals surface area contributed by atoms with Crippen molar-refractivity contribution in [2.24, 2.45) is 0 Å². The number of carbonyl (C=O) groups excluding carboxylic acids is 1. The minimum absolute atomic E-state index is 0.221. The molecule has 3 rings (SSSR count). The summed E-state index contributed by atoms with van der Waals surface area (Å²) in [4.78, 5) is 30.1. The number of nitrogens with zero attached hydrogens (tertiary/aromatic N) is 2. The zero-order chi connectivity index (χ0) is 14.8. The average molecular weight is 322 g/mol. The first kappa shape index (κ1) is 14.2. The van der Waals surface area contributed by atoms with E-state index in [1.54, 1.807) is 17.5 Å². The Morgan fingerprint density at radius 1 is 1.38 bits per heavy atom. The standard InChI is InChI=1S/C14H14N2O3S2/c17-13(16-5-2-1-3-10(16)14(18)19)11-7-15-12(21-11)9-4-6-20-8-9/h4,6-8,10H,1-3,5H2,(H,18,19)/t10-/m1/s1. The van der Waals surface area contributed by atoms with Crippen molar-refractivity contribution in [1.82, 2.24) is 9.88 Å². The lowest BCUT2D eigenvalue weighted by molar-refractivity contribution is -0.143. The Bertz CT molecular complexity index is 651. The number of hydrogen-bond acceptors (Lipinski definition) is 5. The van der Waals surface area contributed by atoms with Gasteiger partial charge in [-0.1, -0.05) is 0 Å². The normalized spacial score (nSPS) is 18.7. The number of likely N-dealkylation sites (tertiary alicyclic amines) is 1. The van der Waals surface area contributed by atoms with Crippen molar-refractivity contribution in [3.05, 3.63) is 27.9 Å². The molecule has 21 heavy (non-hydrogen) atoms. The number of thiophene rings is 1. The minimum atomic E-state index is -0.925. The fourth-order valence-electron chi connectivity index (χ4n) is 2.47. The van der Waals surface area contributed by atoms with Crippen LogP contribution in [0.25, 0.3) is 10.6 Å². The van der Waals surface area contributed by atoms with Gasteiger partial charge >= 0.3 is 5.97 Å². The number of piperidine rings is 1. The van der Waals surface area contributed by atoms with Gasteiger partial charge in [-0.2, -0.15) is 11.3 Å². The number of aliphatic carboxylic acids is 1. The summed E-state index contributed by atoms with van der Waals surface area (Å²) in [6.07, 6.45) is 3.78. The second-order valence-corrected chi connectivity index (χ2v) is 6.70. The van der Waals surface area contributed by atoms with Gasteiger partial charge < -0.3 is 10.0 Å². The maximum Gasteiger partial charge on any atom is 0.326 e. The highest BCUT2D eigenvalue weighted by atomic mass is 32.1. The Labute approximate surface area is 129 Å². The van der Waals surface area contributed by atoms with Gasteiger partial charge in [0.15, 0.2) is 0 Å². The molecule has 1 aliphatic rings. The van der Waals surface area contributed by atoms with Crippen LogP contribution in [-0.4, -0.2) is 39.5 Å². The van der Waals surface area contributed by atoms with E-state index in [1.165, 1.54) is 16.2 Å². The van der Waals surface area contributed by atoms with Crippen LogP contribution in [0.4, 0.5) is 0 Å². The predicted molar refractivity (Wildman–Crippen MR) is 81.7 cm³/mol. The van der Waals surface area contributed by atoms with Crippen LogP contribution in [0.3, 0.4) is 0 Å².